The molecule has 0 aliphatic rings. The molecule has 1 unspecified atom stereocenters. The average Bonchev–Trinajstić information content (AvgIpc) is 1.65. The minimum Gasteiger partial charge on any atom is -0.0598 e. The fraction of sp³-hybridized carbons (Fsp3) is 0.750. The lowest BCUT2D eigenvalue weighted by atomic mass is 10.4. The van der Waals surface area contributed by atoms with Gasteiger partial charge >= 0.3 is 11.7 Å². The van der Waals surface area contributed by atoms with Crippen LogP contribution in [0.15, 0.2) is 0 Å². The summed E-state index contributed by atoms with van der Waals surface area (Å²) < 4.78 is 9.72. The van der Waals surface area contributed by atoms with Crippen LogP contribution in [0.25, 0.3) is 0 Å². The van der Waals surface area contributed by atoms with Crippen LogP contribution in [-0.4, -0.2) is 5.25 Å². The van der Waals surface area contributed by atoms with Crippen molar-refractivity contribution in [3.05, 3.63) is 6.92 Å². The van der Waals surface area contributed by atoms with E-state index in [1.54, 1.807) is 0 Å². The van der Waals surface area contributed by atoms with Gasteiger partial charge in [0.25, 0.3) is 0 Å². The molecule has 0 aromatic rings. The molecule has 0 saturated carbocycles. The van der Waals surface area contributed by atoms with Crippen molar-refractivity contribution in [2.75, 3.05) is 0 Å². The standard InChI is InChI=1S/C4H8OS/c1-3-4(2)6-5/h4H,2-3H2,1H3/q+1. The molecule has 2 heteroatoms. The van der Waals surface area contributed by atoms with E-state index >= 15 is 0 Å². The summed E-state index contributed by atoms with van der Waals surface area (Å²) >= 11 is 0.564. The molecule has 0 N–H and O–H groups in total. The van der Waals surface area contributed by atoms with Crippen LogP contribution in [0.3, 0.4) is 0 Å². The van der Waals surface area contributed by atoms with Crippen LogP contribution in [0.1, 0.15) is 13.3 Å². The summed E-state index contributed by atoms with van der Waals surface area (Å²) in [6, 6.07) is 0. The SMILES string of the molecule is [CH2]C(CC)[S+]=O. The molecule has 0 heterocycles. The second-order valence-corrected chi connectivity index (χ2v) is 1.99. The van der Waals surface area contributed by atoms with Gasteiger partial charge in [0.15, 0.2) is 0 Å². The van der Waals surface area contributed by atoms with E-state index in [9.17, 15) is 4.21 Å². The molecule has 0 saturated heterocycles. The molecular formula is C4H8OS+. The van der Waals surface area contributed by atoms with Crippen LogP contribution in [0.5, 0.6) is 0 Å². The largest absolute Gasteiger partial charge is 0.462 e. The summed E-state index contributed by atoms with van der Waals surface area (Å²) in [5, 5.41) is 0.0463. The first-order valence-corrected chi connectivity index (χ1v) is 2.73. The summed E-state index contributed by atoms with van der Waals surface area (Å²) in [4.78, 5) is 0. The predicted octanol–water partition coefficient (Wildman–Crippen LogP) is 1.03. The van der Waals surface area contributed by atoms with Crippen molar-refractivity contribution in [3.8, 4) is 0 Å². The van der Waals surface area contributed by atoms with E-state index in [0.29, 0.717) is 11.7 Å². The number of hydrogen-bond acceptors (Lipinski definition) is 1. The highest BCUT2D eigenvalue weighted by atomic mass is 32.1. The fourth-order valence-electron chi connectivity index (χ4n) is 0.0680. The molecule has 6 heavy (non-hydrogen) atoms. The molecule has 0 aromatic heterocycles. The van der Waals surface area contributed by atoms with Crippen molar-refractivity contribution < 1.29 is 4.21 Å². The summed E-state index contributed by atoms with van der Waals surface area (Å²) in [5.41, 5.74) is 0. The van der Waals surface area contributed by atoms with Crippen LogP contribution < -0.4 is 0 Å². The minimum atomic E-state index is 0.0463. The van der Waals surface area contributed by atoms with Crippen molar-refractivity contribution in [3.63, 3.8) is 0 Å². The topological polar surface area (TPSA) is 17.1 Å². The van der Waals surface area contributed by atoms with Gasteiger partial charge in [0.1, 0.15) is 0 Å². The Bertz CT molecular complexity index is 44.8. The first kappa shape index (κ1) is 6.02. The Morgan fingerprint density at radius 2 is 2.50 bits per heavy atom. The number of hydrogen-bond donors (Lipinski definition) is 0. The van der Waals surface area contributed by atoms with Crippen molar-refractivity contribution >= 4 is 11.7 Å². The van der Waals surface area contributed by atoms with Crippen molar-refractivity contribution in [1.82, 2.24) is 0 Å². The van der Waals surface area contributed by atoms with Crippen LogP contribution in [0.2, 0.25) is 0 Å². The zero-order valence-electron chi connectivity index (χ0n) is 3.81. The maximum Gasteiger partial charge on any atom is 0.462 e. The fourth-order valence-corrected chi connectivity index (χ4v) is 0.204. The zero-order chi connectivity index (χ0) is 4.99. The van der Waals surface area contributed by atoms with Crippen LogP contribution >= 0.6 is 0 Å². The first-order chi connectivity index (χ1) is 2.81. The van der Waals surface area contributed by atoms with Gasteiger partial charge in [0.05, 0.1) is 0 Å². The van der Waals surface area contributed by atoms with E-state index < -0.39 is 0 Å². The van der Waals surface area contributed by atoms with Gasteiger partial charge in [-0.1, -0.05) is 6.92 Å². The summed E-state index contributed by atoms with van der Waals surface area (Å²) in [7, 11) is 0. The molecule has 0 amide bonds. The molecule has 0 rings (SSSR count). The lowest BCUT2D eigenvalue weighted by Gasteiger charge is -1.73. The Kier molecular flexibility index (Phi) is 3.23. The molecule has 0 fully saturated rings. The average molecular weight is 104 g/mol. The highest BCUT2D eigenvalue weighted by Gasteiger charge is 2.08. The molecule has 0 aliphatic heterocycles. The van der Waals surface area contributed by atoms with Gasteiger partial charge in [-0.05, 0) is 0 Å². The molecule has 0 bridgehead atoms. The predicted molar refractivity (Wildman–Crippen MR) is 27.5 cm³/mol. The van der Waals surface area contributed by atoms with Crippen LogP contribution in [0, 0.1) is 6.92 Å². The highest BCUT2D eigenvalue weighted by Crippen LogP contribution is 1.86. The van der Waals surface area contributed by atoms with Gasteiger partial charge in [-0.2, -0.15) is 0 Å². The molecule has 1 nitrogen and oxygen atoms in total. The van der Waals surface area contributed by atoms with E-state index in [0.717, 1.165) is 6.42 Å². The van der Waals surface area contributed by atoms with Crippen molar-refractivity contribution in [2.24, 2.45) is 0 Å². The van der Waals surface area contributed by atoms with Crippen molar-refractivity contribution in [1.29, 1.82) is 0 Å². The normalized spacial score (nSPS) is 13.7. The monoisotopic (exact) mass is 104 g/mol. The summed E-state index contributed by atoms with van der Waals surface area (Å²) in [6.45, 7) is 5.47. The first-order valence-electron chi connectivity index (χ1n) is 1.93. The second-order valence-electron chi connectivity index (χ2n) is 1.13. The van der Waals surface area contributed by atoms with Crippen molar-refractivity contribution in [2.45, 2.75) is 18.6 Å². The van der Waals surface area contributed by atoms with E-state index in [4.69, 9.17) is 0 Å². The minimum absolute atomic E-state index is 0.0463. The molecule has 0 spiro atoms. The Hall–Kier alpha value is 0.0200. The lowest BCUT2D eigenvalue weighted by Crippen LogP contribution is -1.93. The van der Waals surface area contributed by atoms with Gasteiger partial charge in [-0.3, -0.25) is 0 Å². The third-order valence-corrected chi connectivity index (χ3v) is 1.20. The van der Waals surface area contributed by atoms with Gasteiger partial charge in [0.2, 0.25) is 5.25 Å². The summed E-state index contributed by atoms with van der Waals surface area (Å²) in [5.74, 6) is 0. The van der Waals surface area contributed by atoms with E-state index in [1.165, 1.54) is 0 Å². The van der Waals surface area contributed by atoms with Crippen LogP contribution in [-0.2, 0) is 15.9 Å². The van der Waals surface area contributed by atoms with E-state index in [-0.39, 0.29) is 5.25 Å². The van der Waals surface area contributed by atoms with Gasteiger partial charge in [0, 0.05) is 17.6 Å². The smallest absolute Gasteiger partial charge is 0.0598 e. The van der Waals surface area contributed by atoms with Gasteiger partial charge in [-0.15, -0.1) is 0 Å². The quantitative estimate of drug-likeness (QED) is 0.478. The lowest BCUT2D eigenvalue weighted by molar-refractivity contribution is 0.600. The van der Waals surface area contributed by atoms with Gasteiger partial charge < -0.3 is 0 Å². The Morgan fingerprint density at radius 1 is 2.00 bits per heavy atom. The maximum absolute atomic E-state index is 9.72. The van der Waals surface area contributed by atoms with E-state index in [2.05, 4.69) is 6.92 Å². The van der Waals surface area contributed by atoms with Crippen LogP contribution in [0.4, 0.5) is 0 Å². The molecule has 1 radical (unpaired) electrons. The Morgan fingerprint density at radius 3 is 2.50 bits per heavy atom. The second kappa shape index (κ2) is 3.22. The Balaban J connectivity index is 2.96. The molecule has 0 aliphatic carbocycles. The molecular weight excluding hydrogens is 96.1 g/mol. The third-order valence-electron chi connectivity index (χ3n) is 0.591. The zero-order valence-corrected chi connectivity index (χ0v) is 4.62. The maximum atomic E-state index is 9.72. The van der Waals surface area contributed by atoms with Gasteiger partial charge in [-0.25, -0.2) is 0 Å². The molecule has 1 atom stereocenters. The van der Waals surface area contributed by atoms with E-state index in [1.807, 2.05) is 6.92 Å². The molecule has 35 valence electrons. The molecule has 0 aromatic carbocycles. The highest BCUT2D eigenvalue weighted by molar-refractivity contribution is 7.66. The Labute approximate surface area is 42.2 Å². The third kappa shape index (κ3) is 2.27. The number of rotatable bonds is 2. The summed E-state index contributed by atoms with van der Waals surface area (Å²) in [6.07, 6.45) is 0.869.